The van der Waals surface area contributed by atoms with Crippen molar-refractivity contribution in [3.63, 3.8) is 0 Å². The summed E-state index contributed by atoms with van der Waals surface area (Å²) in [6, 6.07) is 10.3. The number of likely N-dealkylation sites (tertiary alicyclic amines) is 1. The molecule has 5 heteroatoms. The number of hydrogen-bond acceptors (Lipinski definition) is 4. The van der Waals surface area contributed by atoms with Crippen LogP contribution in [-0.2, 0) is 4.79 Å². The summed E-state index contributed by atoms with van der Waals surface area (Å²) in [5.74, 6) is 0.871. The zero-order valence-corrected chi connectivity index (χ0v) is 16.0. The number of rotatable bonds is 4. The van der Waals surface area contributed by atoms with E-state index in [1.54, 1.807) is 6.92 Å². The van der Waals surface area contributed by atoms with E-state index in [0.717, 1.165) is 47.6 Å². The summed E-state index contributed by atoms with van der Waals surface area (Å²) in [5.41, 5.74) is 4.48. The highest BCUT2D eigenvalue weighted by Crippen LogP contribution is 2.51. The molecule has 3 aliphatic rings. The molecule has 0 aromatic heterocycles. The third-order valence-corrected chi connectivity index (χ3v) is 6.51. The van der Waals surface area contributed by atoms with Crippen molar-refractivity contribution in [1.29, 1.82) is 10.8 Å². The fourth-order valence-corrected chi connectivity index (χ4v) is 4.81. The van der Waals surface area contributed by atoms with Crippen LogP contribution in [0.15, 0.2) is 52.0 Å². The molecule has 0 radical (unpaired) electrons. The standard InChI is InChI=1S/C21H23N3OS/c1-12(13(2)22)17-18(15-8-9-15)19(26-20(17)23)21(25)24-10-16(11-24)14-6-4-3-5-7-14/h3-7,15-16,22-23H,8-11H2,1-2H3/b17-12-,22-13?,23-20?. The van der Waals surface area contributed by atoms with Gasteiger partial charge in [-0.2, -0.15) is 0 Å². The molecule has 1 aromatic carbocycles. The van der Waals surface area contributed by atoms with Crippen LogP contribution >= 0.6 is 11.8 Å². The molecule has 0 spiro atoms. The van der Waals surface area contributed by atoms with E-state index in [-0.39, 0.29) is 5.91 Å². The largest absolute Gasteiger partial charge is 0.337 e. The molecule has 1 saturated heterocycles. The zero-order valence-electron chi connectivity index (χ0n) is 15.1. The van der Waals surface area contributed by atoms with Gasteiger partial charge in [0, 0.05) is 30.3 Å². The Labute approximate surface area is 158 Å². The number of hydrogen-bond donors (Lipinski definition) is 2. The molecule has 2 aliphatic heterocycles. The lowest BCUT2D eigenvalue weighted by Crippen LogP contribution is -2.48. The molecule has 1 amide bonds. The van der Waals surface area contributed by atoms with Gasteiger partial charge in [0.05, 0.1) is 9.95 Å². The van der Waals surface area contributed by atoms with Crippen molar-refractivity contribution in [2.24, 2.45) is 5.92 Å². The number of nitrogens with zero attached hydrogens (tertiary/aromatic N) is 1. The first-order chi connectivity index (χ1) is 12.5. The molecule has 1 saturated carbocycles. The normalized spacial score (nSPS) is 22.5. The van der Waals surface area contributed by atoms with Gasteiger partial charge in [-0.3, -0.25) is 10.2 Å². The van der Waals surface area contributed by atoms with Gasteiger partial charge in [-0.05, 0) is 49.3 Å². The molecule has 134 valence electrons. The van der Waals surface area contributed by atoms with E-state index in [9.17, 15) is 4.79 Å². The molecular weight excluding hydrogens is 342 g/mol. The molecule has 4 nitrogen and oxygen atoms in total. The second-order valence-electron chi connectivity index (χ2n) is 7.39. The van der Waals surface area contributed by atoms with E-state index < -0.39 is 0 Å². The van der Waals surface area contributed by atoms with Crippen LogP contribution in [0.2, 0.25) is 0 Å². The maximum absolute atomic E-state index is 13.1. The molecule has 26 heavy (non-hydrogen) atoms. The number of benzene rings is 1. The van der Waals surface area contributed by atoms with Crippen LogP contribution in [-0.4, -0.2) is 34.7 Å². The molecule has 1 aliphatic carbocycles. The van der Waals surface area contributed by atoms with Crippen LogP contribution in [0, 0.1) is 16.7 Å². The van der Waals surface area contributed by atoms with Gasteiger partial charge >= 0.3 is 0 Å². The van der Waals surface area contributed by atoms with Gasteiger partial charge in [-0.25, -0.2) is 0 Å². The van der Waals surface area contributed by atoms with E-state index >= 15 is 0 Å². The van der Waals surface area contributed by atoms with Crippen LogP contribution in [0.4, 0.5) is 0 Å². The smallest absolute Gasteiger partial charge is 0.261 e. The lowest BCUT2D eigenvalue weighted by molar-refractivity contribution is -0.130. The van der Waals surface area contributed by atoms with Gasteiger partial charge in [-0.15, -0.1) is 0 Å². The lowest BCUT2D eigenvalue weighted by Gasteiger charge is -2.39. The zero-order chi connectivity index (χ0) is 18.4. The number of amides is 1. The van der Waals surface area contributed by atoms with Crippen molar-refractivity contribution >= 4 is 28.4 Å². The van der Waals surface area contributed by atoms with Crippen molar-refractivity contribution in [3.8, 4) is 0 Å². The third kappa shape index (κ3) is 2.94. The Hall–Kier alpha value is -2.14. The van der Waals surface area contributed by atoms with E-state index in [1.807, 2.05) is 30.0 Å². The second-order valence-corrected chi connectivity index (χ2v) is 8.41. The summed E-state index contributed by atoms with van der Waals surface area (Å²) in [6.45, 7) is 5.15. The highest BCUT2D eigenvalue weighted by atomic mass is 32.2. The van der Waals surface area contributed by atoms with Crippen molar-refractivity contribution in [2.75, 3.05) is 13.1 Å². The van der Waals surface area contributed by atoms with Crippen LogP contribution < -0.4 is 0 Å². The molecule has 2 heterocycles. The minimum atomic E-state index is 0.0688. The maximum atomic E-state index is 13.1. The van der Waals surface area contributed by atoms with Crippen LogP contribution in [0.3, 0.4) is 0 Å². The number of nitrogens with one attached hydrogen (secondary N) is 2. The van der Waals surface area contributed by atoms with Gasteiger partial charge in [0.25, 0.3) is 5.91 Å². The van der Waals surface area contributed by atoms with E-state index in [4.69, 9.17) is 10.8 Å². The first-order valence-electron chi connectivity index (χ1n) is 9.09. The molecule has 2 N–H and O–H groups in total. The summed E-state index contributed by atoms with van der Waals surface area (Å²) < 4.78 is 0. The minimum absolute atomic E-state index is 0.0688. The molecule has 4 rings (SSSR count). The predicted molar refractivity (Wildman–Crippen MR) is 107 cm³/mol. The SMILES string of the molecule is CC(=N)/C(C)=C1\C(=N)SC(C(=O)N2CC(c3ccccc3)C2)=C1C1CC1. The average molecular weight is 366 g/mol. The number of thioether (sulfide) groups is 1. The summed E-state index contributed by atoms with van der Waals surface area (Å²) >= 11 is 1.30. The molecule has 0 atom stereocenters. The monoisotopic (exact) mass is 365 g/mol. The molecule has 1 aromatic rings. The van der Waals surface area contributed by atoms with Crippen LogP contribution in [0.25, 0.3) is 0 Å². The van der Waals surface area contributed by atoms with Gasteiger partial charge < -0.3 is 10.3 Å². The Bertz CT molecular complexity index is 859. The third-order valence-electron chi connectivity index (χ3n) is 5.50. The predicted octanol–water partition coefficient (Wildman–Crippen LogP) is 4.36. The fourth-order valence-electron chi connectivity index (χ4n) is 3.65. The Morgan fingerprint density at radius 3 is 2.35 bits per heavy atom. The quantitative estimate of drug-likeness (QED) is 0.779. The highest BCUT2D eigenvalue weighted by Gasteiger charge is 2.43. The van der Waals surface area contributed by atoms with E-state index in [0.29, 0.717) is 22.6 Å². The van der Waals surface area contributed by atoms with Gasteiger partial charge in [0.15, 0.2) is 0 Å². The van der Waals surface area contributed by atoms with Crippen molar-refractivity contribution in [3.05, 3.63) is 57.5 Å². The highest BCUT2D eigenvalue weighted by molar-refractivity contribution is 8.18. The van der Waals surface area contributed by atoms with Gasteiger partial charge in [-0.1, -0.05) is 42.1 Å². The molecule has 0 unspecified atom stereocenters. The lowest BCUT2D eigenvalue weighted by atomic mass is 9.90. The topological polar surface area (TPSA) is 68.0 Å². The van der Waals surface area contributed by atoms with Crippen molar-refractivity contribution in [2.45, 2.75) is 32.6 Å². The summed E-state index contributed by atoms with van der Waals surface area (Å²) in [5, 5.41) is 16.8. The first-order valence-corrected chi connectivity index (χ1v) is 9.91. The Kier molecular flexibility index (Phi) is 4.35. The molecular formula is C21H23N3OS. The molecule has 2 fully saturated rings. The first kappa shape index (κ1) is 17.3. The summed E-state index contributed by atoms with van der Waals surface area (Å²) in [4.78, 5) is 15.7. The van der Waals surface area contributed by atoms with Crippen molar-refractivity contribution in [1.82, 2.24) is 4.90 Å². The number of carbonyl (C=O) groups excluding carboxylic acids is 1. The van der Waals surface area contributed by atoms with Gasteiger partial charge in [0.2, 0.25) is 0 Å². The average Bonchev–Trinajstić information content (AvgIpc) is 3.36. The Morgan fingerprint density at radius 1 is 1.12 bits per heavy atom. The van der Waals surface area contributed by atoms with Crippen molar-refractivity contribution < 1.29 is 4.79 Å². The number of allylic oxidation sites excluding steroid dienone is 2. The maximum Gasteiger partial charge on any atom is 0.261 e. The fraction of sp³-hybridized carbons (Fsp3) is 0.381. The Balaban J connectivity index is 1.58. The van der Waals surface area contributed by atoms with Crippen LogP contribution in [0.1, 0.15) is 38.2 Å². The summed E-state index contributed by atoms with van der Waals surface area (Å²) in [7, 11) is 0. The van der Waals surface area contributed by atoms with E-state index in [1.165, 1.54) is 17.3 Å². The molecule has 0 bridgehead atoms. The Morgan fingerprint density at radius 2 is 1.77 bits per heavy atom. The van der Waals surface area contributed by atoms with Crippen LogP contribution in [0.5, 0.6) is 0 Å². The number of carbonyl (C=O) groups is 1. The summed E-state index contributed by atoms with van der Waals surface area (Å²) in [6.07, 6.45) is 2.17. The minimum Gasteiger partial charge on any atom is -0.337 e. The van der Waals surface area contributed by atoms with Gasteiger partial charge in [0.1, 0.15) is 0 Å². The van der Waals surface area contributed by atoms with E-state index in [2.05, 4.69) is 12.1 Å². The second kappa shape index (κ2) is 6.54.